The Bertz CT molecular complexity index is 336. The molecule has 1 fully saturated rings. The van der Waals surface area contributed by atoms with Crippen LogP contribution in [-0.4, -0.2) is 47.8 Å². The molecule has 1 rings (SSSR count). The van der Waals surface area contributed by atoms with Crippen LogP contribution in [0.25, 0.3) is 0 Å². The minimum Gasteiger partial charge on any atom is -0.368 e. The van der Waals surface area contributed by atoms with E-state index in [1.54, 1.807) is 0 Å². The summed E-state index contributed by atoms with van der Waals surface area (Å²) in [5.74, 6) is 0.495. The fraction of sp³-hybridized carbons (Fsp3) is 1.00. The minimum atomic E-state index is -0.111. The van der Waals surface area contributed by atoms with E-state index >= 15 is 0 Å². The predicted octanol–water partition coefficient (Wildman–Crippen LogP) is 3.68. The molecule has 2 unspecified atom stereocenters. The maximum absolute atomic E-state index is 6.42. The van der Waals surface area contributed by atoms with E-state index < -0.39 is 0 Å². The Morgan fingerprint density at radius 1 is 1.10 bits per heavy atom. The van der Waals surface area contributed by atoms with E-state index in [9.17, 15) is 0 Å². The Hall–Kier alpha value is -0.120. The summed E-state index contributed by atoms with van der Waals surface area (Å²) in [5, 5.41) is 3.75. The molecule has 2 atom stereocenters. The van der Waals surface area contributed by atoms with Gasteiger partial charge in [-0.2, -0.15) is 0 Å². The summed E-state index contributed by atoms with van der Waals surface area (Å²) in [6, 6.07) is 0.405. The Kier molecular flexibility index (Phi) is 5.91. The van der Waals surface area contributed by atoms with Gasteiger partial charge in [-0.25, -0.2) is 0 Å². The van der Waals surface area contributed by atoms with Gasteiger partial charge in [0.1, 0.15) is 0 Å². The number of hydrogen-bond donors (Lipinski definition) is 1. The number of nitrogens with one attached hydrogen (secondary N) is 1. The van der Waals surface area contributed by atoms with Crippen LogP contribution in [0.15, 0.2) is 0 Å². The first-order chi connectivity index (χ1) is 9.48. The molecule has 0 bridgehead atoms. The van der Waals surface area contributed by atoms with Crippen molar-refractivity contribution in [3.8, 4) is 0 Å². The fourth-order valence-electron chi connectivity index (χ4n) is 3.53. The molecule has 1 N–H and O–H groups in total. The molecule has 0 aromatic rings. The van der Waals surface area contributed by atoms with Crippen LogP contribution in [0, 0.1) is 5.92 Å². The molecule has 1 saturated heterocycles. The zero-order chi connectivity index (χ0) is 16.5. The van der Waals surface area contributed by atoms with Crippen LogP contribution in [0.1, 0.15) is 68.2 Å². The molecule has 1 aliphatic rings. The average Bonchev–Trinajstić information content (AvgIpc) is 2.52. The van der Waals surface area contributed by atoms with Crippen molar-refractivity contribution in [3.05, 3.63) is 0 Å². The second kappa shape index (κ2) is 6.55. The SMILES string of the molecule is CCCNC1C(CN(C)C(C)(C)CC)C(C)(C)OC1(C)C. The fourth-order valence-corrected chi connectivity index (χ4v) is 3.53. The normalized spacial score (nSPS) is 28.3. The van der Waals surface area contributed by atoms with Crippen LogP contribution in [0.4, 0.5) is 0 Å². The lowest BCUT2D eigenvalue weighted by atomic mass is 9.81. The maximum Gasteiger partial charge on any atom is 0.0790 e. The second-order valence-corrected chi connectivity index (χ2v) is 8.39. The van der Waals surface area contributed by atoms with Gasteiger partial charge in [-0.15, -0.1) is 0 Å². The van der Waals surface area contributed by atoms with Gasteiger partial charge < -0.3 is 15.0 Å². The van der Waals surface area contributed by atoms with Crippen LogP contribution in [-0.2, 0) is 4.74 Å². The smallest absolute Gasteiger partial charge is 0.0790 e. The lowest BCUT2D eigenvalue weighted by molar-refractivity contribution is -0.0807. The first-order valence-electron chi connectivity index (χ1n) is 8.62. The maximum atomic E-state index is 6.42. The molecule has 0 radical (unpaired) electrons. The zero-order valence-electron chi connectivity index (χ0n) is 15.8. The van der Waals surface area contributed by atoms with Crippen molar-refractivity contribution in [1.29, 1.82) is 0 Å². The number of hydrogen-bond acceptors (Lipinski definition) is 3. The zero-order valence-corrected chi connectivity index (χ0v) is 15.8. The molecule has 3 nitrogen and oxygen atoms in total. The van der Waals surface area contributed by atoms with Gasteiger partial charge in [0.2, 0.25) is 0 Å². The van der Waals surface area contributed by atoms with Crippen LogP contribution < -0.4 is 5.32 Å². The topological polar surface area (TPSA) is 24.5 Å². The van der Waals surface area contributed by atoms with Crippen LogP contribution in [0.3, 0.4) is 0 Å². The van der Waals surface area contributed by atoms with E-state index in [0.717, 1.165) is 25.9 Å². The molecular formula is C18H38N2O. The van der Waals surface area contributed by atoms with E-state index in [2.05, 4.69) is 72.7 Å². The summed E-state index contributed by atoms with van der Waals surface area (Å²) >= 11 is 0. The Labute approximate surface area is 132 Å². The summed E-state index contributed by atoms with van der Waals surface area (Å²) in [4.78, 5) is 2.50. The van der Waals surface area contributed by atoms with E-state index in [1.165, 1.54) is 0 Å². The summed E-state index contributed by atoms with van der Waals surface area (Å²) in [6.07, 6.45) is 2.32. The second-order valence-electron chi connectivity index (χ2n) is 8.39. The average molecular weight is 299 g/mol. The molecule has 0 aromatic heterocycles. The first kappa shape index (κ1) is 18.9. The van der Waals surface area contributed by atoms with Crippen molar-refractivity contribution >= 4 is 0 Å². The highest BCUT2D eigenvalue weighted by atomic mass is 16.5. The Morgan fingerprint density at radius 3 is 2.14 bits per heavy atom. The van der Waals surface area contributed by atoms with Crippen molar-refractivity contribution < 1.29 is 4.74 Å². The van der Waals surface area contributed by atoms with Gasteiger partial charge in [-0.05, 0) is 68.0 Å². The number of ether oxygens (including phenoxy) is 1. The standard InChI is InChI=1S/C18H38N2O/c1-10-12-19-15-14(13-20(9)16(3,4)11-2)17(5,6)21-18(15,7)8/h14-15,19H,10-13H2,1-9H3. The monoisotopic (exact) mass is 298 g/mol. The molecule has 0 amide bonds. The molecule has 0 spiro atoms. The molecular weight excluding hydrogens is 260 g/mol. The quantitative estimate of drug-likeness (QED) is 0.776. The largest absolute Gasteiger partial charge is 0.368 e. The summed E-state index contributed by atoms with van der Waals surface area (Å²) < 4.78 is 6.42. The van der Waals surface area contributed by atoms with E-state index in [0.29, 0.717) is 12.0 Å². The molecule has 0 saturated carbocycles. The molecule has 0 aliphatic carbocycles. The third-order valence-electron chi connectivity index (χ3n) is 5.55. The van der Waals surface area contributed by atoms with Crippen LogP contribution in [0.5, 0.6) is 0 Å². The minimum absolute atomic E-state index is 0.0903. The molecule has 21 heavy (non-hydrogen) atoms. The lowest BCUT2D eigenvalue weighted by Crippen LogP contribution is -2.53. The summed E-state index contributed by atoms with van der Waals surface area (Å²) in [7, 11) is 2.25. The van der Waals surface area contributed by atoms with E-state index in [-0.39, 0.29) is 16.7 Å². The highest BCUT2D eigenvalue weighted by Gasteiger charge is 2.53. The van der Waals surface area contributed by atoms with Crippen molar-refractivity contribution in [2.75, 3.05) is 20.1 Å². The Balaban J connectivity index is 2.93. The molecule has 1 heterocycles. The molecule has 0 aromatic carbocycles. The van der Waals surface area contributed by atoms with Crippen LogP contribution >= 0.6 is 0 Å². The van der Waals surface area contributed by atoms with E-state index in [4.69, 9.17) is 4.74 Å². The summed E-state index contributed by atoms with van der Waals surface area (Å²) in [6.45, 7) is 20.2. The van der Waals surface area contributed by atoms with Gasteiger partial charge in [-0.3, -0.25) is 0 Å². The van der Waals surface area contributed by atoms with E-state index in [1.807, 2.05) is 0 Å². The van der Waals surface area contributed by atoms with Crippen molar-refractivity contribution in [2.24, 2.45) is 5.92 Å². The van der Waals surface area contributed by atoms with Gasteiger partial charge >= 0.3 is 0 Å². The van der Waals surface area contributed by atoms with Gasteiger partial charge in [-0.1, -0.05) is 13.8 Å². The van der Waals surface area contributed by atoms with Gasteiger partial charge in [0.25, 0.3) is 0 Å². The highest BCUT2D eigenvalue weighted by molar-refractivity contribution is 5.06. The van der Waals surface area contributed by atoms with Crippen molar-refractivity contribution in [3.63, 3.8) is 0 Å². The molecule has 126 valence electrons. The van der Waals surface area contributed by atoms with Gasteiger partial charge in [0, 0.05) is 24.0 Å². The van der Waals surface area contributed by atoms with Gasteiger partial charge in [0.15, 0.2) is 0 Å². The number of rotatable bonds is 7. The highest BCUT2D eigenvalue weighted by Crippen LogP contribution is 2.43. The van der Waals surface area contributed by atoms with Crippen LogP contribution in [0.2, 0.25) is 0 Å². The number of nitrogens with zero attached hydrogens (tertiary/aromatic N) is 1. The Morgan fingerprint density at radius 2 is 1.67 bits per heavy atom. The lowest BCUT2D eigenvalue weighted by Gasteiger charge is -2.40. The van der Waals surface area contributed by atoms with Crippen molar-refractivity contribution in [2.45, 2.75) is 91.0 Å². The molecule has 3 heteroatoms. The predicted molar refractivity (Wildman–Crippen MR) is 91.8 cm³/mol. The third-order valence-corrected chi connectivity index (χ3v) is 5.55. The third kappa shape index (κ3) is 4.20. The summed E-state index contributed by atoms with van der Waals surface area (Å²) in [5.41, 5.74) is 0.0334. The molecule has 1 aliphatic heterocycles. The first-order valence-corrected chi connectivity index (χ1v) is 8.62. The van der Waals surface area contributed by atoms with Gasteiger partial charge in [0.05, 0.1) is 11.2 Å². The van der Waals surface area contributed by atoms with Crippen molar-refractivity contribution in [1.82, 2.24) is 10.2 Å².